The quantitative estimate of drug-likeness (QED) is 0.881. The Morgan fingerprint density at radius 1 is 1.48 bits per heavy atom. The van der Waals surface area contributed by atoms with Gasteiger partial charge in [-0.15, -0.1) is 0 Å². The van der Waals surface area contributed by atoms with Gasteiger partial charge in [0.25, 0.3) is 0 Å². The molecule has 0 saturated heterocycles. The molecule has 0 aromatic heterocycles. The highest BCUT2D eigenvalue weighted by molar-refractivity contribution is 7.93. The summed E-state index contributed by atoms with van der Waals surface area (Å²) in [6.45, 7) is 6.79. The third-order valence-electron chi connectivity index (χ3n) is 4.02. The number of nitrogens with two attached hydrogens (primary N) is 1. The van der Waals surface area contributed by atoms with Crippen LogP contribution in [0.2, 0.25) is 0 Å². The van der Waals surface area contributed by atoms with Crippen LogP contribution in [0.5, 0.6) is 0 Å². The molecular formula is C15H20N2O3S. The van der Waals surface area contributed by atoms with Gasteiger partial charge in [0.15, 0.2) is 9.84 Å². The van der Waals surface area contributed by atoms with Gasteiger partial charge >= 0.3 is 0 Å². The van der Waals surface area contributed by atoms with Crippen molar-refractivity contribution in [3.05, 3.63) is 54.5 Å². The fraction of sp³-hybridized carbons (Fsp3) is 0.333. The molecule has 6 heteroatoms. The van der Waals surface area contributed by atoms with Crippen LogP contribution in [0.1, 0.15) is 25.5 Å². The van der Waals surface area contributed by atoms with Gasteiger partial charge in [0.2, 0.25) is 0 Å². The van der Waals surface area contributed by atoms with E-state index in [1.165, 1.54) is 12.4 Å². The first-order valence-corrected chi connectivity index (χ1v) is 8.07. The van der Waals surface area contributed by atoms with E-state index in [-0.39, 0.29) is 6.61 Å². The molecule has 114 valence electrons. The third kappa shape index (κ3) is 2.06. The molecule has 1 aromatic carbocycles. The van der Waals surface area contributed by atoms with E-state index in [1.807, 2.05) is 0 Å². The van der Waals surface area contributed by atoms with Crippen LogP contribution in [-0.4, -0.2) is 29.8 Å². The lowest BCUT2D eigenvalue weighted by molar-refractivity contribution is 0.232. The third-order valence-corrected chi connectivity index (χ3v) is 6.57. The zero-order valence-electron chi connectivity index (χ0n) is 12.2. The Morgan fingerprint density at radius 2 is 2.10 bits per heavy atom. The Labute approximate surface area is 125 Å². The predicted molar refractivity (Wildman–Crippen MR) is 81.8 cm³/mol. The summed E-state index contributed by atoms with van der Waals surface area (Å²) in [7, 11) is -3.48. The normalized spacial score (nSPS) is 22.6. The van der Waals surface area contributed by atoms with E-state index in [0.717, 1.165) is 0 Å². The zero-order chi connectivity index (χ0) is 15.8. The molecule has 21 heavy (non-hydrogen) atoms. The van der Waals surface area contributed by atoms with Crippen molar-refractivity contribution in [2.75, 3.05) is 6.61 Å². The van der Waals surface area contributed by atoms with Gasteiger partial charge in [-0.3, -0.25) is 0 Å². The van der Waals surface area contributed by atoms with E-state index >= 15 is 0 Å². The van der Waals surface area contributed by atoms with E-state index in [9.17, 15) is 13.5 Å². The number of fused-ring (bicyclic) bond motifs is 1. The molecule has 1 atom stereocenters. The predicted octanol–water partition coefficient (Wildman–Crippen LogP) is 1.53. The van der Waals surface area contributed by atoms with Crippen molar-refractivity contribution in [3.8, 4) is 0 Å². The second kappa shape index (κ2) is 5.20. The molecule has 3 N–H and O–H groups in total. The van der Waals surface area contributed by atoms with Gasteiger partial charge in [-0.05, 0) is 31.7 Å². The van der Waals surface area contributed by atoms with Crippen LogP contribution in [0.3, 0.4) is 0 Å². The van der Waals surface area contributed by atoms with E-state index in [0.29, 0.717) is 16.2 Å². The van der Waals surface area contributed by atoms with E-state index in [2.05, 4.69) is 6.58 Å². The Hall–Kier alpha value is -1.79. The van der Waals surface area contributed by atoms with Crippen LogP contribution in [0.4, 0.5) is 0 Å². The Morgan fingerprint density at radius 3 is 2.62 bits per heavy atom. The molecule has 0 bridgehead atoms. The molecule has 2 rings (SSSR count). The molecule has 0 saturated carbocycles. The largest absolute Gasteiger partial charge is 0.403 e. The molecule has 1 unspecified atom stereocenters. The maximum Gasteiger partial charge on any atom is 0.186 e. The number of rotatable bonds is 4. The molecule has 0 fully saturated rings. The summed E-state index contributed by atoms with van der Waals surface area (Å²) in [5.41, 5.74) is 6.64. The molecule has 0 amide bonds. The molecule has 0 aliphatic carbocycles. The van der Waals surface area contributed by atoms with Crippen LogP contribution in [-0.2, 0) is 9.84 Å². The monoisotopic (exact) mass is 308 g/mol. The Bertz CT molecular complexity index is 693. The molecular weight excluding hydrogens is 288 g/mol. The van der Waals surface area contributed by atoms with Gasteiger partial charge in [0, 0.05) is 6.20 Å². The van der Waals surface area contributed by atoms with Gasteiger partial charge in [-0.2, -0.15) is 0 Å². The van der Waals surface area contributed by atoms with Crippen molar-refractivity contribution in [2.45, 2.75) is 29.5 Å². The van der Waals surface area contributed by atoms with Gasteiger partial charge in [0.05, 0.1) is 28.0 Å². The van der Waals surface area contributed by atoms with Crippen molar-refractivity contribution in [2.24, 2.45) is 5.73 Å². The lowest BCUT2D eigenvalue weighted by Crippen LogP contribution is -2.40. The summed E-state index contributed by atoms with van der Waals surface area (Å²) in [6, 6.07) is 6.42. The number of aliphatic hydroxyl groups excluding tert-OH is 1. The Kier molecular flexibility index (Phi) is 3.86. The first-order chi connectivity index (χ1) is 9.82. The summed E-state index contributed by atoms with van der Waals surface area (Å²) in [5.74, 6) is 0. The first-order valence-electron chi connectivity index (χ1n) is 6.59. The van der Waals surface area contributed by atoms with Crippen LogP contribution in [0, 0.1) is 0 Å². The zero-order valence-corrected chi connectivity index (χ0v) is 13.0. The summed E-state index contributed by atoms with van der Waals surface area (Å²) in [6.07, 6.45) is 2.77. The average Bonchev–Trinajstić information content (AvgIpc) is 2.61. The van der Waals surface area contributed by atoms with Crippen molar-refractivity contribution in [1.82, 2.24) is 4.90 Å². The second-order valence-corrected chi connectivity index (χ2v) is 7.95. The molecule has 1 aliphatic heterocycles. The minimum Gasteiger partial charge on any atom is -0.403 e. The summed E-state index contributed by atoms with van der Waals surface area (Å²) < 4.78 is 24.5. The maximum absolute atomic E-state index is 12.8. The average molecular weight is 308 g/mol. The lowest BCUT2D eigenvalue weighted by Gasteiger charge is -2.36. The number of benzene rings is 1. The number of aliphatic hydroxyl groups is 1. The van der Waals surface area contributed by atoms with Gasteiger partial charge < -0.3 is 15.7 Å². The number of sulfone groups is 1. The topological polar surface area (TPSA) is 83.6 Å². The fourth-order valence-corrected chi connectivity index (χ4v) is 4.70. The first kappa shape index (κ1) is 15.6. The molecule has 5 nitrogen and oxygen atoms in total. The fourth-order valence-electron chi connectivity index (χ4n) is 2.85. The lowest BCUT2D eigenvalue weighted by atomic mass is 9.94. The highest BCUT2D eigenvalue weighted by Gasteiger charge is 2.53. The molecule has 0 radical (unpaired) electrons. The summed E-state index contributed by atoms with van der Waals surface area (Å²) in [4.78, 5) is 1.95. The standard InChI is InChI=1S/C15H20N2O3S/c1-4-17(11(9-16)10-18)14-12-7-5-6-8-13(12)21(19,20)15(14,2)3/h4-9,14,18H,1,10,16H2,2-3H3/b11-9-. The highest BCUT2D eigenvalue weighted by Crippen LogP contribution is 2.50. The van der Waals surface area contributed by atoms with Crippen LogP contribution in [0.15, 0.2) is 53.8 Å². The van der Waals surface area contributed by atoms with Gasteiger partial charge in [0.1, 0.15) is 0 Å². The van der Waals surface area contributed by atoms with E-state index < -0.39 is 20.6 Å². The molecule has 0 spiro atoms. The van der Waals surface area contributed by atoms with Gasteiger partial charge in [-0.1, -0.05) is 24.8 Å². The van der Waals surface area contributed by atoms with Crippen molar-refractivity contribution in [3.63, 3.8) is 0 Å². The molecule has 1 heterocycles. The van der Waals surface area contributed by atoms with Crippen molar-refractivity contribution in [1.29, 1.82) is 0 Å². The van der Waals surface area contributed by atoms with Gasteiger partial charge in [-0.25, -0.2) is 8.42 Å². The summed E-state index contributed by atoms with van der Waals surface area (Å²) >= 11 is 0. The number of nitrogens with zero attached hydrogens (tertiary/aromatic N) is 1. The smallest absolute Gasteiger partial charge is 0.186 e. The van der Waals surface area contributed by atoms with Crippen LogP contribution in [0.25, 0.3) is 0 Å². The minimum absolute atomic E-state index is 0.294. The minimum atomic E-state index is -3.48. The summed E-state index contributed by atoms with van der Waals surface area (Å²) in [5, 5.41) is 9.45. The Balaban J connectivity index is 2.71. The van der Waals surface area contributed by atoms with E-state index in [4.69, 9.17) is 5.73 Å². The molecule has 1 aromatic rings. The van der Waals surface area contributed by atoms with Crippen molar-refractivity contribution < 1.29 is 13.5 Å². The van der Waals surface area contributed by atoms with Crippen LogP contribution < -0.4 is 5.73 Å². The highest BCUT2D eigenvalue weighted by atomic mass is 32.2. The maximum atomic E-state index is 12.8. The number of hydrogen-bond donors (Lipinski definition) is 2. The van der Waals surface area contributed by atoms with Crippen molar-refractivity contribution >= 4 is 9.84 Å². The van der Waals surface area contributed by atoms with E-state index in [1.54, 1.807) is 43.0 Å². The second-order valence-electron chi connectivity index (χ2n) is 5.45. The number of hydrogen-bond acceptors (Lipinski definition) is 5. The van der Waals surface area contributed by atoms with Crippen LogP contribution >= 0.6 is 0 Å². The SMILES string of the molecule is C=CN(/C(=C\N)CO)C1c2ccccc2S(=O)(=O)C1(C)C. The molecule has 1 aliphatic rings.